The van der Waals surface area contributed by atoms with Crippen molar-refractivity contribution in [3.05, 3.63) is 54.1 Å². The number of aromatic nitrogens is 2. The highest BCUT2D eigenvalue weighted by Gasteiger charge is 2.40. The van der Waals surface area contributed by atoms with Crippen LogP contribution in [0.25, 0.3) is 0 Å². The van der Waals surface area contributed by atoms with Crippen molar-refractivity contribution in [3.8, 4) is 0 Å². The lowest BCUT2D eigenvalue weighted by Gasteiger charge is -2.45. The van der Waals surface area contributed by atoms with E-state index in [-0.39, 0.29) is 5.54 Å². The maximum absolute atomic E-state index is 4.95. The van der Waals surface area contributed by atoms with Gasteiger partial charge in [-0.1, -0.05) is 6.42 Å². The summed E-state index contributed by atoms with van der Waals surface area (Å²) in [7, 11) is 0. The number of hydrogen-bond donors (Lipinski definition) is 2. The molecule has 4 heterocycles. The number of anilines is 1. The highest BCUT2D eigenvalue weighted by atomic mass is 15.4. The van der Waals surface area contributed by atoms with E-state index in [1.54, 1.807) is 6.20 Å². The Morgan fingerprint density at radius 2 is 1.96 bits per heavy atom. The molecule has 1 fully saturated rings. The first-order valence-corrected chi connectivity index (χ1v) is 10.2. The number of piperidine rings is 1. The van der Waals surface area contributed by atoms with Crippen LogP contribution in [0.15, 0.2) is 48.0 Å². The topological polar surface area (TPSA) is 65.4 Å². The molecule has 2 aromatic rings. The second-order valence-electron chi connectivity index (χ2n) is 8.62. The van der Waals surface area contributed by atoms with Crippen molar-refractivity contribution in [2.75, 3.05) is 18.4 Å². The minimum absolute atomic E-state index is 0.154. The number of aliphatic imine (C=N–C) groups is 1. The number of pyridine rings is 2. The van der Waals surface area contributed by atoms with E-state index in [0.717, 1.165) is 29.9 Å². The van der Waals surface area contributed by atoms with Gasteiger partial charge in [-0.25, -0.2) is 4.99 Å². The Morgan fingerprint density at radius 3 is 2.75 bits per heavy atom. The molecule has 0 radical (unpaired) electrons. The molecular formula is C22H30N6. The van der Waals surface area contributed by atoms with Gasteiger partial charge >= 0.3 is 0 Å². The summed E-state index contributed by atoms with van der Waals surface area (Å²) in [6, 6.07) is 6.62. The first-order chi connectivity index (χ1) is 13.5. The van der Waals surface area contributed by atoms with Gasteiger partial charge in [-0.2, -0.15) is 0 Å². The molecule has 1 saturated heterocycles. The molecule has 2 aliphatic rings. The van der Waals surface area contributed by atoms with Gasteiger partial charge in [0.1, 0.15) is 0 Å². The number of rotatable bonds is 5. The van der Waals surface area contributed by atoms with Crippen LogP contribution in [0.5, 0.6) is 0 Å². The molecule has 2 atom stereocenters. The van der Waals surface area contributed by atoms with Crippen LogP contribution in [0.2, 0.25) is 0 Å². The molecule has 0 saturated carbocycles. The molecule has 0 aromatic carbocycles. The van der Waals surface area contributed by atoms with Gasteiger partial charge in [-0.05, 0) is 58.4 Å². The lowest BCUT2D eigenvalue weighted by Crippen LogP contribution is -2.62. The third-order valence-corrected chi connectivity index (χ3v) is 5.72. The second-order valence-corrected chi connectivity index (χ2v) is 8.62. The van der Waals surface area contributed by atoms with Crippen molar-refractivity contribution >= 4 is 11.9 Å². The van der Waals surface area contributed by atoms with Gasteiger partial charge in [-0.15, -0.1) is 0 Å². The van der Waals surface area contributed by atoms with Crippen LogP contribution in [-0.4, -0.2) is 45.8 Å². The fourth-order valence-electron chi connectivity index (χ4n) is 4.32. The molecule has 148 valence electrons. The van der Waals surface area contributed by atoms with Crippen molar-refractivity contribution in [2.45, 2.75) is 57.4 Å². The minimum atomic E-state index is -0.749. The van der Waals surface area contributed by atoms with Gasteiger partial charge in [0, 0.05) is 54.1 Å². The van der Waals surface area contributed by atoms with Crippen LogP contribution in [0, 0.1) is 0 Å². The molecule has 2 aliphatic heterocycles. The van der Waals surface area contributed by atoms with Crippen molar-refractivity contribution in [2.24, 2.45) is 4.99 Å². The molecule has 28 heavy (non-hydrogen) atoms. The van der Waals surface area contributed by atoms with E-state index in [0.29, 0.717) is 6.04 Å². The Bertz CT molecular complexity index is 834. The van der Waals surface area contributed by atoms with Gasteiger partial charge in [0.05, 0.1) is 11.9 Å². The summed E-state index contributed by atoms with van der Waals surface area (Å²) >= 11 is 0. The molecule has 2 aromatic heterocycles. The van der Waals surface area contributed by atoms with Crippen molar-refractivity contribution in [1.29, 1.82) is 0 Å². The van der Waals surface area contributed by atoms with Gasteiger partial charge in [0.25, 0.3) is 0 Å². The summed E-state index contributed by atoms with van der Waals surface area (Å²) < 4.78 is 0. The van der Waals surface area contributed by atoms with Crippen molar-refractivity contribution in [1.82, 2.24) is 20.2 Å². The molecule has 4 rings (SSSR count). The molecule has 6 nitrogen and oxygen atoms in total. The predicted molar refractivity (Wildman–Crippen MR) is 113 cm³/mol. The van der Waals surface area contributed by atoms with E-state index < -0.39 is 5.79 Å². The molecule has 0 aliphatic carbocycles. The zero-order chi connectivity index (χ0) is 19.6. The van der Waals surface area contributed by atoms with Crippen LogP contribution in [0.4, 0.5) is 5.69 Å². The molecule has 0 amide bonds. The average molecular weight is 379 g/mol. The normalized spacial score (nSPS) is 25.2. The highest BCUT2D eigenvalue weighted by Crippen LogP contribution is 2.32. The molecule has 2 N–H and O–H groups in total. The Balaban J connectivity index is 1.64. The summed E-state index contributed by atoms with van der Waals surface area (Å²) in [6.45, 7) is 8.99. The van der Waals surface area contributed by atoms with Crippen LogP contribution in [-0.2, 0) is 5.79 Å². The SMILES string of the molecule is CC1CCCCN1CC(C)(C)NC1(c2ccncc2)N=Cc2ccncc2N1. The van der Waals surface area contributed by atoms with Crippen LogP contribution in [0.3, 0.4) is 0 Å². The Hall–Kier alpha value is -2.31. The van der Waals surface area contributed by atoms with Crippen LogP contribution < -0.4 is 10.6 Å². The summed E-state index contributed by atoms with van der Waals surface area (Å²) in [4.78, 5) is 16.0. The number of nitrogens with zero attached hydrogens (tertiary/aromatic N) is 4. The summed E-state index contributed by atoms with van der Waals surface area (Å²) in [6.07, 6.45) is 13.1. The van der Waals surface area contributed by atoms with Gasteiger partial charge in [0.15, 0.2) is 0 Å². The third kappa shape index (κ3) is 3.93. The van der Waals surface area contributed by atoms with Gasteiger partial charge in [-0.3, -0.25) is 20.2 Å². The third-order valence-electron chi connectivity index (χ3n) is 5.72. The highest BCUT2D eigenvalue weighted by molar-refractivity contribution is 5.89. The zero-order valence-electron chi connectivity index (χ0n) is 17.0. The van der Waals surface area contributed by atoms with Crippen molar-refractivity contribution in [3.63, 3.8) is 0 Å². The van der Waals surface area contributed by atoms with E-state index >= 15 is 0 Å². The first kappa shape index (κ1) is 19.0. The smallest absolute Gasteiger partial charge is 0.212 e. The molecule has 0 spiro atoms. The maximum atomic E-state index is 4.95. The summed E-state index contributed by atoms with van der Waals surface area (Å²) in [5.74, 6) is -0.749. The van der Waals surface area contributed by atoms with Crippen LogP contribution >= 0.6 is 0 Å². The Kier molecular flexibility index (Phi) is 5.17. The molecule has 0 bridgehead atoms. The minimum Gasteiger partial charge on any atom is -0.343 e. The maximum Gasteiger partial charge on any atom is 0.212 e. The number of likely N-dealkylation sites (tertiary alicyclic amines) is 1. The quantitative estimate of drug-likeness (QED) is 0.835. The number of hydrogen-bond acceptors (Lipinski definition) is 6. The second kappa shape index (κ2) is 7.60. The zero-order valence-corrected chi connectivity index (χ0v) is 17.0. The van der Waals surface area contributed by atoms with E-state index in [1.165, 1.54) is 19.3 Å². The lowest BCUT2D eigenvalue weighted by atomic mass is 9.95. The number of nitrogens with one attached hydrogen (secondary N) is 2. The standard InChI is InChI=1S/C22H30N6/c1-17-6-4-5-13-28(17)16-21(2,3)27-22(19-8-11-23-12-9-19)25-14-18-7-10-24-15-20(18)26-22/h7-12,14-15,17,26-27H,4-6,13,16H2,1-3H3. The number of fused-ring (bicyclic) bond motifs is 1. The lowest BCUT2D eigenvalue weighted by molar-refractivity contribution is 0.107. The summed E-state index contributed by atoms with van der Waals surface area (Å²) in [5.41, 5.74) is 2.90. The predicted octanol–water partition coefficient (Wildman–Crippen LogP) is 3.37. The van der Waals surface area contributed by atoms with E-state index in [4.69, 9.17) is 4.99 Å². The largest absolute Gasteiger partial charge is 0.343 e. The first-order valence-electron chi connectivity index (χ1n) is 10.2. The van der Waals surface area contributed by atoms with Crippen molar-refractivity contribution < 1.29 is 0 Å². The van der Waals surface area contributed by atoms with Crippen LogP contribution in [0.1, 0.15) is 51.2 Å². The Morgan fingerprint density at radius 1 is 1.18 bits per heavy atom. The van der Waals surface area contributed by atoms with E-state index in [2.05, 4.69) is 46.3 Å². The van der Waals surface area contributed by atoms with E-state index in [9.17, 15) is 0 Å². The summed E-state index contributed by atoms with van der Waals surface area (Å²) in [5, 5.41) is 7.44. The molecule has 6 heteroatoms. The molecular weight excluding hydrogens is 348 g/mol. The average Bonchev–Trinajstić information content (AvgIpc) is 2.70. The van der Waals surface area contributed by atoms with Gasteiger partial charge in [0.2, 0.25) is 5.79 Å². The monoisotopic (exact) mass is 378 g/mol. The van der Waals surface area contributed by atoms with E-state index in [1.807, 2.05) is 43.0 Å². The fraction of sp³-hybridized carbons (Fsp3) is 0.500. The molecule has 2 unspecified atom stereocenters. The Labute approximate surface area is 167 Å². The fourth-order valence-corrected chi connectivity index (χ4v) is 4.32. The van der Waals surface area contributed by atoms with Gasteiger partial charge < -0.3 is 5.32 Å².